The van der Waals surface area contributed by atoms with Gasteiger partial charge < -0.3 is 14.9 Å². The Labute approximate surface area is 189 Å². The maximum atomic E-state index is 12.3. The first-order valence-corrected chi connectivity index (χ1v) is 12.5. The Kier molecular flexibility index (Phi) is 10.1. The molecule has 3 N–H and O–H groups in total. The lowest BCUT2D eigenvalue weighted by atomic mass is 9.90. The molecule has 1 aromatic carbocycles. The Bertz CT molecular complexity index is 912. The first kappa shape index (κ1) is 25.8. The van der Waals surface area contributed by atoms with Gasteiger partial charge in [-0.2, -0.15) is 0 Å². The summed E-state index contributed by atoms with van der Waals surface area (Å²) in [7, 11) is -3.54. The van der Waals surface area contributed by atoms with Gasteiger partial charge in [-0.15, -0.1) is 0 Å². The molecule has 32 heavy (non-hydrogen) atoms. The highest BCUT2D eigenvalue weighted by Crippen LogP contribution is 2.33. The SMILES string of the molecule is CS(=O)(=O)NC(=O)CCC/C=C\C[C@H]1C(=O)C[C@@H](O)[C@@H]1/C=C\[C@@H](O)COc1ccccc1. The summed E-state index contributed by atoms with van der Waals surface area (Å²) in [6.07, 6.45) is 7.84. The van der Waals surface area contributed by atoms with E-state index < -0.39 is 28.1 Å². The number of benzene rings is 1. The van der Waals surface area contributed by atoms with Crippen molar-refractivity contribution in [2.24, 2.45) is 11.8 Å². The number of allylic oxidation sites excluding steroid dienone is 2. The molecule has 0 heterocycles. The molecule has 0 aliphatic heterocycles. The molecule has 1 aliphatic carbocycles. The molecule has 1 aliphatic rings. The standard InChI is InChI=1S/C23H31NO7S/c1-32(29,30)24-23(28)12-8-3-2-7-11-19-20(22(27)15-21(19)26)14-13-17(25)16-31-18-9-5-4-6-10-18/h2,4-7,9-10,13-14,17,19-20,22,25,27H,3,8,11-12,15-16H2,1H3,(H,24,28)/b7-2-,14-13-/t17-,19-,20-,22-/m1/s1. The maximum Gasteiger partial charge on any atom is 0.233 e. The number of aliphatic hydroxyl groups is 2. The number of carbonyl (C=O) groups is 2. The van der Waals surface area contributed by atoms with Gasteiger partial charge in [-0.05, 0) is 31.4 Å². The van der Waals surface area contributed by atoms with Gasteiger partial charge in [0.2, 0.25) is 15.9 Å². The fourth-order valence-electron chi connectivity index (χ4n) is 3.54. The number of ketones is 1. The number of nitrogens with one attached hydrogen (secondary N) is 1. The highest BCUT2D eigenvalue weighted by Gasteiger charge is 2.39. The molecule has 0 spiro atoms. The molecular weight excluding hydrogens is 434 g/mol. The zero-order valence-electron chi connectivity index (χ0n) is 18.1. The summed E-state index contributed by atoms with van der Waals surface area (Å²) in [6, 6.07) is 9.11. The second-order valence-electron chi connectivity index (χ2n) is 7.89. The Balaban J connectivity index is 1.78. The fourth-order valence-corrected chi connectivity index (χ4v) is 4.05. The van der Waals surface area contributed by atoms with Crippen molar-refractivity contribution in [1.29, 1.82) is 0 Å². The number of carbonyl (C=O) groups excluding carboxylic acids is 2. The van der Waals surface area contributed by atoms with Crippen LogP contribution in [0.25, 0.3) is 0 Å². The van der Waals surface area contributed by atoms with Crippen molar-refractivity contribution in [3.05, 3.63) is 54.6 Å². The van der Waals surface area contributed by atoms with E-state index in [1.165, 1.54) is 0 Å². The average molecular weight is 466 g/mol. The lowest BCUT2D eigenvalue weighted by Gasteiger charge is -2.17. The molecule has 0 saturated heterocycles. The molecule has 0 unspecified atom stereocenters. The number of hydrogen-bond acceptors (Lipinski definition) is 7. The minimum absolute atomic E-state index is 0.0284. The summed E-state index contributed by atoms with van der Waals surface area (Å²) in [5.41, 5.74) is 0. The van der Waals surface area contributed by atoms with Gasteiger partial charge in [0, 0.05) is 24.7 Å². The minimum Gasteiger partial charge on any atom is -0.491 e. The van der Waals surface area contributed by atoms with Crippen LogP contribution in [0.4, 0.5) is 0 Å². The van der Waals surface area contributed by atoms with Crippen LogP contribution < -0.4 is 9.46 Å². The number of amides is 1. The topological polar surface area (TPSA) is 130 Å². The van der Waals surface area contributed by atoms with Gasteiger partial charge in [-0.1, -0.05) is 42.5 Å². The van der Waals surface area contributed by atoms with Crippen molar-refractivity contribution in [2.45, 2.75) is 44.3 Å². The zero-order chi connectivity index (χ0) is 23.6. The van der Waals surface area contributed by atoms with E-state index in [9.17, 15) is 28.2 Å². The third-order valence-electron chi connectivity index (χ3n) is 5.08. The Morgan fingerprint density at radius 1 is 1.28 bits per heavy atom. The molecule has 1 aromatic rings. The summed E-state index contributed by atoms with van der Waals surface area (Å²) >= 11 is 0. The third kappa shape index (κ3) is 9.33. The molecule has 176 valence electrons. The number of Topliss-reactive ketones (excluding diaryl/α,β-unsaturated/α-hetero) is 1. The van der Waals surface area contributed by atoms with E-state index in [0.29, 0.717) is 25.0 Å². The van der Waals surface area contributed by atoms with Crippen molar-refractivity contribution < 1.29 is 33.0 Å². The molecular formula is C23H31NO7S. The summed E-state index contributed by atoms with van der Waals surface area (Å²) in [4.78, 5) is 23.7. The molecule has 2 rings (SSSR count). The van der Waals surface area contributed by atoms with Crippen LogP contribution in [0.5, 0.6) is 5.75 Å². The van der Waals surface area contributed by atoms with Crippen LogP contribution in [0.2, 0.25) is 0 Å². The van der Waals surface area contributed by atoms with Crippen LogP contribution in [0.15, 0.2) is 54.6 Å². The van der Waals surface area contributed by atoms with Crippen molar-refractivity contribution in [1.82, 2.24) is 4.72 Å². The van der Waals surface area contributed by atoms with Crippen molar-refractivity contribution in [2.75, 3.05) is 12.9 Å². The largest absolute Gasteiger partial charge is 0.491 e. The van der Waals surface area contributed by atoms with E-state index in [-0.39, 0.29) is 37.1 Å². The molecule has 9 heteroatoms. The molecule has 8 nitrogen and oxygen atoms in total. The van der Waals surface area contributed by atoms with Crippen LogP contribution >= 0.6 is 0 Å². The van der Waals surface area contributed by atoms with Gasteiger partial charge in [0.25, 0.3) is 0 Å². The lowest BCUT2D eigenvalue weighted by Crippen LogP contribution is -2.28. The second-order valence-corrected chi connectivity index (χ2v) is 9.64. The molecule has 0 radical (unpaired) electrons. The zero-order valence-corrected chi connectivity index (χ0v) is 18.9. The molecule has 0 bridgehead atoms. The normalized spacial score (nSPS) is 22.5. The molecule has 1 saturated carbocycles. The first-order chi connectivity index (χ1) is 15.2. The Morgan fingerprint density at radius 3 is 2.69 bits per heavy atom. The Hall–Kier alpha value is -2.49. The monoisotopic (exact) mass is 465 g/mol. The number of rotatable bonds is 12. The number of hydrogen-bond donors (Lipinski definition) is 3. The number of unbranched alkanes of at least 4 members (excludes halogenated alkanes) is 1. The first-order valence-electron chi connectivity index (χ1n) is 10.6. The molecule has 0 aromatic heterocycles. The van der Waals surface area contributed by atoms with Crippen LogP contribution in [-0.4, -0.2) is 55.4 Å². The fraction of sp³-hybridized carbons (Fsp3) is 0.478. The van der Waals surface area contributed by atoms with E-state index >= 15 is 0 Å². The van der Waals surface area contributed by atoms with Crippen LogP contribution in [0.3, 0.4) is 0 Å². The molecule has 4 atom stereocenters. The number of aliphatic hydroxyl groups excluding tert-OH is 2. The summed E-state index contributed by atoms with van der Waals surface area (Å²) in [6.45, 7) is 0.0642. The van der Waals surface area contributed by atoms with Crippen molar-refractivity contribution in [3.63, 3.8) is 0 Å². The highest BCUT2D eigenvalue weighted by atomic mass is 32.2. The summed E-state index contributed by atoms with van der Waals surface area (Å²) < 4.78 is 29.4. The van der Waals surface area contributed by atoms with E-state index in [2.05, 4.69) is 0 Å². The lowest BCUT2D eigenvalue weighted by molar-refractivity contribution is -0.121. The van der Waals surface area contributed by atoms with Gasteiger partial charge in [0.05, 0.1) is 12.4 Å². The molecule has 1 amide bonds. The van der Waals surface area contributed by atoms with Crippen LogP contribution in [0.1, 0.15) is 32.1 Å². The van der Waals surface area contributed by atoms with Crippen molar-refractivity contribution >= 4 is 21.7 Å². The predicted molar refractivity (Wildman–Crippen MR) is 120 cm³/mol. The van der Waals surface area contributed by atoms with E-state index in [0.717, 1.165) is 6.26 Å². The maximum absolute atomic E-state index is 12.3. The minimum atomic E-state index is -3.54. The predicted octanol–water partition coefficient (Wildman–Crippen LogP) is 1.74. The van der Waals surface area contributed by atoms with E-state index in [1.807, 2.05) is 35.1 Å². The number of ether oxygens (including phenoxy) is 1. The molecule has 1 fully saturated rings. The van der Waals surface area contributed by atoms with Crippen molar-refractivity contribution in [3.8, 4) is 5.75 Å². The van der Waals surface area contributed by atoms with Gasteiger partial charge in [0.1, 0.15) is 24.2 Å². The smallest absolute Gasteiger partial charge is 0.233 e. The summed E-state index contributed by atoms with van der Waals surface area (Å²) in [5, 5.41) is 20.4. The quantitative estimate of drug-likeness (QED) is 0.317. The average Bonchev–Trinajstić information content (AvgIpc) is 2.99. The summed E-state index contributed by atoms with van der Waals surface area (Å²) in [5.74, 6) is -0.700. The third-order valence-corrected chi connectivity index (χ3v) is 5.68. The van der Waals surface area contributed by atoms with Crippen LogP contribution in [0, 0.1) is 11.8 Å². The van der Waals surface area contributed by atoms with E-state index in [4.69, 9.17) is 4.74 Å². The van der Waals surface area contributed by atoms with Gasteiger partial charge in [-0.3, -0.25) is 14.3 Å². The number of sulfonamides is 1. The van der Waals surface area contributed by atoms with Gasteiger partial charge in [-0.25, -0.2) is 8.42 Å². The van der Waals surface area contributed by atoms with Crippen LogP contribution in [-0.2, 0) is 19.6 Å². The number of para-hydroxylation sites is 1. The van der Waals surface area contributed by atoms with Gasteiger partial charge in [0.15, 0.2) is 0 Å². The Morgan fingerprint density at radius 2 is 2.00 bits per heavy atom. The van der Waals surface area contributed by atoms with Gasteiger partial charge >= 0.3 is 0 Å². The second kappa shape index (κ2) is 12.5. The van der Waals surface area contributed by atoms with E-state index in [1.54, 1.807) is 24.3 Å². The highest BCUT2D eigenvalue weighted by molar-refractivity contribution is 7.89.